The maximum atomic E-state index is 6.03. The zero-order valence-corrected chi connectivity index (χ0v) is 23.3. The van der Waals surface area contributed by atoms with Crippen molar-refractivity contribution in [3.63, 3.8) is 0 Å². The van der Waals surface area contributed by atoms with Crippen LogP contribution in [0.5, 0.6) is 11.5 Å². The van der Waals surface area contributed by atoms with Crippen molar-refractivity contribution in [1.29, 1.82) is 0 Å². The summed E-state index contributed by atoms with van der Waals surface area (Å²) in [7, 11) is 0. The molecule has 0 fully saturated rings. The molecule has 0 unspecified atom stereocenters. The lowest BCUT2D eigenvalue weighted by Gasteiger charge is -2.16. The van der Waals surface area contributed by atoms with E-state index in [2.05, 4.69) is 62.7 Å². The zero-order valence-electron chi connectivity index (χ0n) is 23.3. The summed E-state index contributed by atoms with van der Waals surface area (Å²) in [4.78, 5) is 0. The van der Waals surface area contributed by atoms with Crippen molar-refractivity contribution >= 4 is 0 Å². The summed E-state index contributed by atoms with van der Waals surface area (Å²) in [5, 5.41) is 0. The SMILES string of the molecule is C=C(C)COCCOc1ccc(Cc2ccc(OCCOCC(=C)C)c(CC(=C)C)c2)cc1CC(=C)C. The van der Waals surface area contributed by atoms with Gasteiger partial charge in [-0.1, -0.05) is 72.9 Å². The van der Waals surface area contributed by atoms with E-state index < -0.39 is 0 Å². The zero-order chi connectivity index (χ0) is 27.2. The molecule has 37 heavy (non-hydrogen) atoms. The van der Waals surface area contributed by atoms with Crippen LogP contribution in [0, 0.1) is 0 Å². The predicted molar refractivity (Wildman–Crippen MR) is 155 cm³/mol. The summed E-state index contributed by atoms with van der Waals surface area (Å²) in [6, 6.07) is 12.8. The van der Waals surface area contributed by atoms with E-state index in [9.17, 15) is 0 Å². The Bertz CT molecular complexity index is 994. The Hall–Kier alpha value is -3.08. The summed E-state index contributed by atoms with van der Waals surface area (Å²) in [6.07, 6.45) is 2.37. The Kier molecular flexibility index (Phi) is 13.0. The van der Waals surface area contributed by atoms with Gasteiger partial charge in [0.1, 0.15) is 24.7 Å². The molecule has 2 rings (SSSR count). The molecule has 0 aliphatic rings. The van der Waals surface area contributed by atoms with Gasteiger partial charge in [-0.05, 0) is 81.3 Å². The van der Waals surface area contributed by atoms with Gasteiger partial charge in [-0.25, -0.2) is 0 Å². The molecule has 0 amide bonds. The van der Waals surface area contributed by atoms with Gasteiger partial charge in [-0.2, -0.15) is 0 Å². The molecule has 4 nitrogen and oxygen atoms in total. The van der Waals surface area contributed by atoms with Crippen LogP contribution in [0.1, 0.15) is 49.9 Å². The second-order valence-electron chi connectivity index (χ2n) is 10.0. The maximum absolute atomic E-state index is 6.03. The van der Waals surface area contributed by atoms with Crippen LogP contribution in [0.15, 0.2) is 85.0 Å². The standard InChI is InChI=1S/C33H44O4/c1-24(2)17-30-20-28(9-11-32(30)36-15-13-34-22-26(5)6)19-29-10-12-33(31(21-29)18-25(3)4)37-16-14-35-23-27(7)8/h9-12,20-21H,1,3,5,7,13-19,22-23H2,2,4,6,8H3. The lowest BCUT2D eigenvalue weighted by atomic mass is 9.96. The molecule has 2 aromatic carbocycles. The van der Waals surface area contributed by atoms with Crippen molar-refractivity contribution in [3.8, 4) is 11.5 Å². The number of benzene rings is 2. The van der Waals surface area contributed by atoms with Crippen LogP contribution in [0.25, 0.3) is 0 Å². The van der Waals surface area contributed by atoms with Crippen LogP contribution in [-0.4, -0.2) is 39.6 Å². The third kappa shape index (κ3) is 12.1. The van der Waals surface area contributed by atoms with Crippen LogP contribution in [0.4, 0.5) is 0 Å². The highest BCUT2D eigenvalue weighted by Crippen LogP contribution is 2.27. The number of ether oxygens (including phenoxy) is 4. The molecule has 0 heterocycles. The van der Waals surface area contributed by atoms with Gasteiger partial charge in [0.2, 0.25) is 0 Å². The monoisotopic (exact) mass is 504 g/mol. The highest BCUT2D eigenvalue weighted by atomic mass is 16.5. The average Bonchev–Trinajstić information content (AvgIpc) is 2.80. The minimum absolute atomic E-state index is 0.500. The van der Waals surface area contributed by atoms with E-state index in [0.29, 0.717) is 39.6 Å². The third-order valence-electron chi connectivity index (χ3n) is 5.31. The van der Waals surface area contributed by atoms with Crippen molar-refractivity contribution in [2.75, 3.05) is 39.6 Å². The average molecular weight is 505 g/mol. The van der Waals surface area contributed by atoms with Crippen molar-refractivity contribution in [2.45, 2.75) is 47.0 Å². The fourth-order valence-electron chi connectivity index (χ4n) is 3.84. The first-order chi connectivity index (χ1) is 17.6. The van der Waals surface area contributed by atoms with Gasteiger partial charge in [-0.15, -0.1) is 0 Å². The van der Waals surface area contributed by atoms with E-state index in [0.717, 1.165) is 64.2 Å². The second-order valence-corrected chi connectivity index (χ2v) is 10.0. The van der Waals surface area contributed by atoms with E-state index in [1.54, 1.807) is 0 Å². The molecule has 200 valence electrons. The van der Waals surface area contributed by atoms with Crippen LogP contribution < -0.4 is 9.47 Å². The number of allylic oxidation sites excluding steroid dienone is 2. The van der Waals surface area contributed by atoms with Gasteiger partial charge in [0.15, 0.2) is 0 Å². The maximum Gasteiger partial charge on any atom is 0.122 e. The van der Waals surface area contributed by atoms with Crippen LogP contribution >= 0.6 is 0 Å². The van der Waals surface area contributed by atoms with Gasteiger partial charge < -0.3 is 18.9 Å². The summed E-state index contributed by atoms with van der Waals surface area (Å²) in [5.41, 5.74) is 8.94. The highest BCUT2D eigenvalue weighted by Gasteiger charge is 2.10. The molecule has 0 aliphatic heterocycles. The number of hydrogen-bond acceptors (Lipinski definition) is 4. The van der Waals surface area contributed by atoms with Gasteiger partial charge in [0.25, 0.3) is 0 Å². The number of rotatable bonds is 18. The minimum atomic E-state index is 0.500. The molecule has 0 N–H and O–H groups in total. The molecular formula is C33H44O4. The molecular weight excluding hydrogens is 460 g/mol. The fraction of sp³-hybridized carbons (Fsp3) is 0.394. The summed E-state index contributed by atoms with van der Waals surface area (Å²) in [6.45, 7) is 27.1. The predicted octanol–water partition coefficient (Wildman–Crippen LogP) is 7.46. The van der Waals surface area contributed by atoms with Crippen molar-refractivity contribution < 1.29 is 18.9 Å². The van der Waals surface area contributed by atoms with Crippen molar-refractivity contribution in [2.24, 2.45) is 0 Å². The molecule has 0 atom stereocenters. The normalized spacial score (nSPS) is 10.7. The van der Waals surface area contributed by atoms with Crippen molar-refractivity contribution in [3.05, 3.63) is 107 Å². The Balaban J connectivity index is 2.11. The van der Waals surface area contributed by atoms with Crippen LogP contribution in [0.2, 0.25) is 0 Å². The Morgan fingerprint density at radius 2 is 0.973 bits per heavy atom. The van der Waals surface area contributed by atoms with Gasteiger partial charge >= 0.3 is 0 Å². The lowest BCUT2D eigenvalue weighted by Crippen LogP contribution is -2.09. The molecule has 0 saturated heterocycles. The first-order valence-corrected chi connectivity index (χ1v) is 12.9. The molecule has 2 aromatic rings. The smallest absolute Gasteiger partial charge is 0.122 e. The van der Waals surface area contributed by atoms with E-state index in [-0.39, 0.29) is 0 Å². The van der Waals surface area contributed by atoms with Gasteiger partial charge in [0.05, 0.1) is 26.4 Å². The first kappa shape index (κ1) is 30.1. The molecule has 4 heteroatoms. The lowest BCUT2D eigenvalue weighted by molar-refractivity contribution is 0.116. The largest absolute Gasteiger partial charge is 0.491 e. The Labute approximate surface area is 224 Å². The molecule has 0 radical (unpaired) electrons. The van der Waals surface area contributed by atoms with E-state index in [1.807, 2.05) is 27.7 Å². The summed E-state index contributed by atoms with van der Waals surface area (Å²) in [5.74, 6) is 1.76. The molecule has 0 aromatic heterocycles. The van der Waals surface area contributed by atoms with E-state index in [4.69, 9.17) is 18.9 Å². The third-order valence-corrected chi connectivity index (χ3v) is 5.31. The Morgan fingerprint density at radius 1 is 0.568 bits per heavy atom. The minimum Gasteiger partial charge on any atom is -0.491 e. The summed E-state index contributed by atoms with van der Waals surface area (Å²) < 4.78 is 23.2. The van der Waals surface area contributed by atoms with Crippen LogP contribution in [-0.2, 0) is 28.7 Å². The molecule has 0 bridgehead atoms. The van der Waals surface area contributed by atoms with E-state index in [1.165, 1.54) is 11.1 Å². The number of hydrogen-bond donors (Lipinski definition) is 0. The van der Waals surface area contributed by atoms with Crippen LogP contribution in [0.3, 0.4) is 0 Å². The second kappa shape index (κ2) is 15.9. The Morgan fingerprint density at radius 3 is 1.32 bits per heavy atom. The fourth-order valence-corrected chi connectivity index (χ4v) is 3.84. The first-order valence-electron chi connectivity index (χ1n) is 12.9. The molecule has 0 aliphatic carbocycles. The van der Waals surface area contributed by atoms with Crippen molar-refractivity contribution in [1.82, 2.24) is 0 Å². The summed E-state index contributed by atoms with van der Waals surface area (Å²) >= 11 is 0. The quantitative estimate of drug-likeness (QED) is 0.156. The van der Waals surface area contributed by atoms with Gasteiger partial charge in [-0.3, -0.25) is 0 Å². The highest BCUT2D eigenvalue weighted by molar-refractivity contribution is 5.44. The molecule has 0 spiro atoms. The van der Waals surface area contributed by atoms with E-state index >= 15 is 0 Å². The van der Waals surface area contributed by atoms with Gasteiger partial charge in [0, 0.05) is 0 Å². The molecule has 0 saturated carbocycles. The topological polar surface area (TPSA) is 36.9 Å².